The van der Waals surface area contributed by atoms with E-state index in [0.29, 0.717) is 16.0 Å². The Hall–Kier alpha value is -2.87. The van der Waals surface area contributed by atoms with Gasteiger partial charge in [-0.1, -0.05) is 0 Å². The van der Waals surface area contributed by atoms with E-state index in [9.17, 15) is 18.8 Å². The predicted molar refractivity (Wildman–Crippen MR) is 95.3 cm³/mol. The van der Waals surface area contributed by atoms with Crippen LogP contribution in [0.3, 0.4) is 0 Å². The quantitative estimate of drug-likeness (QED) is 0.507. The van der Waals surface area contributed by atoms with Crippen molar-refractivity contribution in [3.8, 4) is 0 Å². The summed E-state index contributed by atoms with van der Waals surface area (Å²) in [4.78, 5) is 41.7. The van der Waals surface area contributed by atoms with Crippen LogP contribution in [0, 0.1) is 12.7 Å². The van der Waals surface area contributed by atoms with Crippen molar-refractivity contribution in [2.24, 2.45) is 0 Å². The highest BCUT2D eigenvalue weighted by Crippen LogP contribution is 2.21. The average Bonchev–Trinajstić information content (AvgIpc) is 3.05. The highest BCUT2D eigenvalue weighted by atomic mass is 32.1. The third-order valence-electron chi connectivity index (χ3n) is 3.85. The fourth-order valence-electron chi connectivity index (χ4n) is 2.50. The standard InChI is InChI=1S/C18H15FN2O4S/c1-3-25-18(24)12-8-26-16-15(12)17(23)21(9-20-16)7-14(22)11-4-5-13(19)10(2)6-11/h4-6,8-9H,3,7H2,1-2H3. The number of aryl methyl sites for hydroxylation is 1. The Morgan fingerprint density at radius 1 is 1.35 bits per heavy atom. The third-order valence-corrected chi connectivity index (χ3v) is 4.74. The number of thiophene rings is 1. The number of halogens is 1. The van der Waals surface area contributed by atoms with Gasteiger partial charge in [-0.05, 0) is 37.6 Å². The van der Waals surface area contributed by atoms with Crippen molar-refractivity contribution in [3.05, 3.63) is 62.8 Å². The zero-order valence-electron chi connectivity index (χ0n) is 14.1. The lowest BCUT2D eigenvalue weighted by atomic mass is 10.1. The second-order valence-electron chi connectivity index (χ2n) is 5.61. The molecule has 0 radical (unpaired) electrons. The van der Waals surface area contributed by atoms with Crippen molar-refractivity contribution in [2.45, 2.75) is 20.4 Å². The van der Waals surface area contributed by atoms with Crippen LogP contribution in [-0.4, -0.2) is 27.9 Å². The summed E-state index contributed by atoms with van der Waals surface area (Å²) in [6.45, 7) is 3.16. The van der Waals surface area contributed by atoms with Crippen molar-refractivity contribution >= 4 is 33.3 Å². The van der Waals surface area contributed by atoms with E-state index >= 15 is 0 Å². The number of hydrogen-bond donors (Lipinski definition) is 0. The first-order chi connectivity index (χ1) is 12.4. The molecule has 0 N–H and O–H groups in total. The molecule has 0 saturated carbocycles. The van der Waals surface area contributed by atoms with Gasteiger partial charge in [0, 0.05) is 10.9 Å². The number of ketones is 1. The van der Waals surface area contributed by atoms with Crippen LogP contribution in [0.25, 0.3) is 10.2 Å². The van der Waals surface area contributed by atoms with Gasteiger partial charge < -0.3 is 4.74 Å². The van der Waals surface area contributed by atoms with Gasteiger partial charge in [0.25, 0.3) is 5.56 Å². The number of Topliss-reactive ketones (excluding diaryl/α,β-unsaturated/α-hetero) is 1. The normalized spacial score (nSPS) is 10.9. The molecule has 8 heteroatoms. The monoisotopic (exact) mass is 374 g/mol. The van der Waals surface area contributed by atoms with Crippen molar-refractivity contribution in [1.82, 2.24) is 9.55 Å². The van der Waals surface area contributed by atoms with Gasteiger partial charge in [-0.15, -0.1) is 11.3 Å². The molecule has 2 heterocycles. The molecule has 134 valence electrons. The number of ether oxygens (including phenoxy) is 1. The molecule has 2 aromatic heterocycles. The van der Waals surface area contributed by atoms with Gasteiger partial charge >= 0.3 is 5.97 Å². The van der Waals surface area contributed by atoms with Gasteiger partial charge in [0.05, 0.1) is 30.4 Å². The maximum atomic E-state index is 13.4. The first-order valence-corrected chi connectivity index (χ1v) is 8.73. The van der Waals surface area contributed by atoms with Crippen LogP contribution < -0.4 is 5.56 Å². The zero-order valence-corrected chi connectivity index (χ0v) is 14.9. The zero-order chi connectivity index (χ0) is 18.8. The second kappa shape index (κ2) is 7.17. The molecule has 6 nitrogen and oxygen atoms in total. The molecule has 3 aromatic rings. The molecule has 0 fully saturated rings. The summed E-state index contributed by atoms with van der Waals surface area (Å²) in [5.74, 6) is -1.36. The molecule has 0 aliphatic heterocycles. The number of esters is 1. The fraction of sp³-hybridized carbons (Fsp3) is 0.222. The number of nitrogens with zero attached hydrogens (tertiary/aromatic N) is 2. The maximum Gasteiger partial charge on any atom is 0.339 e. The van der Waals surface area contributed by atoms with Gasteiger partial charge in [-0.2, -0.15) is 0 Å². The fourth-order valence-corrected chi connectivity index (χ4v) is 3.37. The average molecular weight is 374 g/mol. The number of rotatable bonds is 5. The summed E-state index contributed by atoms with van der Waals surface area (Å²) in [7, 11) is 0. The van der Waals surface area contributed by atoms with Crippen LogP contribution in [0.5, 0.6) is 0 Å². The smallest absolute Gasteiger partial charge is 0.339 e. The van der Waals surface area contributed by atoms with Gasteiger partial charge in [0.1, 0.15) is 10.6 Å². The van der Waals surface area contributed by atoms with Crippen LogP contribution in [0.2, 0.25) is 0 Å². The van der Waals surface area contributed by atoms with Crippen LogP contribution >= 0.6 is 11.3 Å². The first kappa shape index (κ1) is 17.9. The molecule has 3 rings (SSSR count). The molecule has 0 unspecified atom stereocenters. The summed E-state index contributed by atoms with van der Waals surface area (Å²) in [5.41, 5.74) is 0.293. The highest BCUT2D eigenvalue weighted by molar-refractivity contribution is 7.17. The number of carbonyl (C=O) groups is 2. The molecule has 0 amide bonds. The second-order valence-corrected chi connectivity index (χ2v) is 6.47. The minimum Gasteiger partial charge on any atom is -0.462 e. The highest BCUT2D eigenvalue weighted by Gasteiger charge is 2.19. The molecule has 0 saturated heterocycles. The van der Waals surface area contributed by atoms with Gasteiger partial charge in [-0.3, -0.25) is 14.2 Å². The van der Waals surface area contributed by atoms with Crippen molar-refractivity contribution < 1.29 is 18.7 Å². The Labute approximate surface area is 151 Å². The molecule has 0 bridgehead atoms. The Morgan fingerprint density at radius 3 is 2.81 bits per heavy atom. The molecule has 0 spiro atoms. The summed E-state index contributed by atoms with van der Waals surface area (Å²) in [6, 6.07) is 4.02. The molecule has 26 heavy (non-hydrogen) atoms. The van der Waals surface area contributed by atoms with E-state index in [1.807, 2.05) is 0 Å². The molecule has 1 aromatic carbocycles. The van der Waals surface area contributed by atoms with E-state index in [0.717, 1.165) is 15.9 Å². The van der Waals surface area contributed by atoms with E-state index in [-0.39, 0.29) is 29.9 Å². The lowest BCUT2D eigenvalue weighted by Crippen LogP contribution is -2.25. The Morgan fingerprint density at radius 2 is 2.12 bits per heavy atom. The number of carbonyl (C=O) groups excluding carboxylic acids is 2. The molecular weight excluding hydrogens is 359 g/mol. The van der Waals surface area contributed by atoms with Gasteiger partial charge in [0.15, 0.2) is 5.78 Å². The van der Waals surface area contributed by atoms with E-state index in [2.05, 4.69) is 4.98 Å². The lowest BCUT2D eigenvalue weighted by Gasteiger charge is -2.07. The summed E-state index contributed by atoms with van der Waals surface area (Å²) < 4.78 is 19.4. The van der Waals surface area contributed by atoms with Crippen LogP contribution in [0.15, 0.2) is 34.7 Å². The topological polar surface area (TPSA) is 78.3 Å². The van der Waals surface area contributed by atoms with Crippen LogP contribution in [0.4, 0.5) is 4.39 Å². The Bertz CT molecular complexity index is 1070. The largest absolute Gasteiger partial charge is 0.462 e. The summed E-state index contributed by atoms with van der Waals surface area (Å²) >= 11 is 1.16. The Kier molecular flexibility index (Phi) is 4.94. The molecule has 0 aliphatic rings. The van der Waals surface area contributed by atoms with Crippen LogP contribution in [0.1, 0.15) is 33.2 Å². The maximum absolute atomic E-state index is 13.4. The Balaban J connectivity index is 1.98. The molecular formula is C18H15FN2O4S. The van der Waals surface area contributed by atoms with Crippen molar-refractivity contribution in [3.63, 3.8) is 0 Å². The summed E-state index contributed by atoms with van der Waals surface area (Å²) in [6.07, 6.45) is 1.27. The minimum atomic E-state index is -0.601. The summed E-state index contributed by atoms with van der Waals surface area (Å²) in [5, 5.41) is 1.66. The first-order valence-electron chi connectivity index (χ1n) is 7.85. The lowest BCUT2D eigenvalue weighted by molar-refractivity contribution is 0.0529. The third kappa shape index (κ3) is 3.28. The number of aromatic nitrogens is 2. The van der Waals surface area contributed by atoms with Crippen LogP contribution in [-0.2, 0) is 11.3 Å². The van der Waals surface area contributed by atoms with E-state index < -0.39 is 17.3 Å². The number of fused-ring (bicyclic) bond motifs is 1. The van der Waals surface area contributed by atoms with E-state index in [1.165, 1.54) is 29.9 Å². The molecule has 0 atom stereocenters. The number of hydrogen-bond acceptors (Lipinski definition) is 6. The predicted octanol–water partition coefficient (Wildman–Crippen LogP) is 2.97. The van der Waals surface area contributed by atoms with Crippen molar-refractivity contribution in [2.75, 3.05) is 6.61 Å². The van der Waals surface area contributed by atoms with Gasteiger partial charge in [0.2, 0.25) is 0 Å². The van der Waals surface area contributed by atoms with E-state index in [1.54, 1.807) is 13.8 Å². The van der Waals surface area contributed by atoms with Gasteiger partial charge in [-0.25, -0.2) is 14.2 Å². The SMILES string of the molecule is CCOC(=O)c1csc2ncn(CC(=O)c3ccc(F)c(C)c3)c(=O)c12. The molecule has 0 aliphatic carbocycles. The minimum absolute atomic E-state index is 0.138. The van der Waals surface area contributed by atoms with E-state index in [4.69, 9.17) is 4.74 Å². The number of benzene rings is 1. The van der Waals surface area contributed by atoms with Crippen molar-refractivity contribution in [1.29, 1.82) is 0 Å².